The van der Waals surface area contributed by atoms with E-state index in [9.17, 15) is 4.39 Å². The number of nitrogens with two attached hydrogens (primary N) is 1. The first-order valence-corrected chi connectivity index (χ1v) is 11.4. The average Bonchev–Trinajstić information content (AvgIpc) is 2.86. The van der Waals surface area contributed by atoms with Gasteiger partial charge in [-0.1, -0.05) is 57.5 Å². The highest BCUT2D eigenvalue weighted by Gasteiger charge is 2.04. The predicted octanol–water partition coefficient (Wildman–Crippen LogP) is 8.10. The highest BCUT2D eigenvalue weighted by Crippen LogP contribution is 2.24. The molecule has 0 saturated carbocycles. The largest absolute Gasteiger partial charge is 0.399 e. The topological polar surface area (TPSA) is 63.0 Å². The molecule has 0 fully saturated rings. The first-order chi connectivity index (χ1) is 16.5. The van der Waals surface area contributed by atoms with E-state index < -0.39 is 0 Å². The van der Waals surface area contributed by atoms with Crippen molar-refractivity contribution in [3.8, 4) is 11.1 Å². The summed E-state index contributed by atoms with van der Waals surface area (Å²) in [6, 6.07) is 25.6. The first kappa shape index (κ1) is 24.5. The molecule has 4 nitrogen and oxygen atoms in total. The summed E-state index contributed by atoms with van der Waals surface area (Å²) in [4.78, 5) is 4.45. The predicted molar refractivity (Wildman–Crippen MR) is 143 cm³/mol. The Morgan fingerprint density at radius 1 is 0.853 bits per heavy atom. The zero-order chi connectivity index (χ0) is 24.3. The van der Waals surface area contributed by atoms with Crippen molar-refractivity contribution in [3.05, 3.63) is 109 Å². The summed E-state index contributed by atoms with van der Waals surface area (Å²) in [5.41, 5.74) is 11.6. The number of nitrogen functional groups attached to an aromatic ring is 1. The Kier molecular flexibility index (Phi) is 8.81. The maximum atomic E-state index is 13.4. The molecule has 0 radical (unpaired) electrons. The van der Waals surface area contributed by atoms with Crippen molar-refractivity contribution in [1.29, 1.82) is 0 Å². The van der Waals surface area contributed by atoms with Gasteiger partial charge in [0.05, 0.1) is 0 Å². The van der Waals surface area contributed by atoms with Crippen LogP contribution in [-0.2, 0) is 0 Å². The van der Waals surface area contributed by atoms with E-state index in [1.807, 2.05) is 66.7 Å². The SMILES string of the molecule is C=C(Nc1ccc(N)cc1)c1cccc(Nc2ccc(-c3cccc(F)c3)cn2)c1.CCCC. The van der Waals surface area contributed by atoms with E-state index in [2.05, 4.69) is 36.0 Å². The molecule has 0 aliphatic heterocycles. The first-order valence-electron chi connectivity index (χ1n) is 11.4. The highest BCUT2D eigenvalue weighted by atomic mass is 19.1. The Labute approximate surface area is 201 Å². The van der Waals surface area contributed by atoms with E-state index >= 15 is 0 Å². The molecule has 0 bridgehead atoms. The van der Waals surface area contributed by atoms with Crippen LogP contribution in [0.5, 0.6) is 0 Å². The van der Waals surface area contributed by atoms with Gasteiger partial charge in [0, 0.05) is 34.5 Å². The van der Waals surface area contributed by atoms with E-state index in [0.29, 0.717) is 11.5 Å². The molecule has 3 aromatic carbocycles. The minimum Gasteiger partial charge on any atom is -0.399 e. The van der Waals surface area contributed by atoms with Crippen molar-refractivity contribution in [2.45, 2.75) is 26.7 Å². The maximum Gasteiger partial charge on any atom is 0.130 e. The molecule has 174 valence electrons. The van der Waals surface area contributed by atoms with E-state index in [1.165, 1.54) is 25.0 Å². The number of anilines is 4. The summed E-state index contributed by atoms with van der Waals surface area (Å²) in [5, 5.41) is 6.57. The lowest BCUT2D eigenvalue weighted by Crippen LogP contribution is -1.99. The van der Waals surface area contributed by atoms with Crippen LogP contribution in [0.3, 0.4) is 0 Å². The van der Waals surface area contributed by atoms with Crippen LogP contribution in [0.25, 0.3) is 16.8 Å². The number of nitrogens with one attached hydrogen (secondary N) is 2. The molecule has 0 amide bonds. The highest BCUT2D eigenvalue weighted by molar-refractivity contribution is 5.78. The van der Waals surface area contributed by atoms with Gasteiger partial charge in [0.2, 0.25) is 0 Å². The number of benzene rings is 3. The zero-order valence-electron chi connectivity index (χ0n) is 19.7. The molecule has 4 aromatic rings. The van der Waals surface area contributed by atoms with Crippen LogP contribution in [0.4, 0.5) is 27.3 Å². The summed E-state index contributed by atoms with van der Waals surface area (Å²) >= 11 is 0. The number of rotatable bonds is 7. The van der Waals surface area contributed by atoms with Gasteiger partial charge >= 0.3 is 0 Å². The third kappa shape index (κ3) is 7.20. The van der Waals surface area contributed by atoms with Crippen molar-refractivity contribution in [1.82, 2.24) is 4.98 Å². The summed E-state index contributed by atoms with van der Waals surface area (Å²) < 4.78 is 13.4. The molecular formula is C29H31FN4. The van der Waals surface area contributed by atoms with Gasteiger partial charge in [-0.3, -0.25) is 0 Å². The van der Waals surface area contributed by atoms with Gasteiger partial charge in [-0.2, -0.15) is 0 Å². The molecule has 0 saturated heterocycles. The second-order valence-electron chi connectivity index (χ2n) is 7.87. The smallest absolute Gasteiger partial charge is 0.130 e. The number of aromatic nitrogens is 1. The molecule has 4 rings (SSSR count). The van der Waals surface area contributed by atoms with E-state index in [-0.39, 0.29) is 5.82 Å². The van der Waals surface area contributed by atoms with Gasteiger partial charge < -0.3 is 16.4 Å². The van der Waals surface area contributed by atoms with Crippen molar-refractivity contribution < 1.29 is 4.39 Å². The molecule has 0 aliphatic rings. The van der Waals surface area contributed by atoms with Gasteiger partial charge in [0.25, 0.3) is 0 Å². The van der Waals surface area contributed by atoms with Crippen LogP contribution in [0.15, 0.2) is 97.7 Å². The number of unbranched alkanes of at least 4 members (excludes halogenated alkanes) is 1. The molecule has 0 aliphatic carbocycles. The Hall–Kier alpha value is -4.12. The Morgan fingerprint density at radius 3 is 2.24 bits per heavy atom. The van der Waals surface area contributed by atoms with Crippen LogP contribution in [0.2, 0.25) is 0 Å². The monoisotopic (exact) mass is 454 g/mol. The number of hydrogen-bond acceptors (Lipinski definition) is 4. The zero-order valence-corrected chi connectivity index (χ0v) is 19.7. The molecular weight excluding hydrogens is 423 g/mol. The Bertz CT molecular complexity index is 1200. The third-order valence-corrected chi connectivity index (χ3v) is 5.11. The molecule has 0 atom stereocenters. The molecule has 0 unspecified atom stereocenters. The Morgan fingerprint density at radius 2 is 1.59 bits per heavy atom. The van der Waals surface area contributed by atoms with Crippen molar-refractivity contribution in [2.75, 3.05) is 16.4 Å². The summed E-state index contributed by atoms with van der Waals surface area (Å²) in [6.45, 7) is 8.49. The minimum absolute atomic E-state index is 0.265. The van der Waals surface area contributed by atoms with Gasteiger partial charge in [-0.15, -0.1) is 0 Å². The van der Waals surface area contributed by atoms with Crippen molar-refractivity contribution in [3.63, 3.8) is 0 Å². The number of nitrogens with zero attached hydrogens (tertiary/aromatic N) is 1. The van der Waals surface area contributed by atoms with Crippen molar-refractivity contribution >= 4 is 28.6 Å². The summed E-state index contributed by atoms with van der Waals surface area (Å²) in [7, 11) is 0. The normalized spacial score (nSPS) is 10.1. The van der Waals surface area contributed by atoms with Gasteiger partial charge in [0.15, 0.2) is 0 Å². The van der Waals surface area contributed by atoms with E-state index in [0.717, 1.165) is 33.8 Å². The van der Waals surface area contributed by atoms with E-state index in [1.54, 1.807) is 12.3 Å². The van der Waals surface area contributed by atoms with Gasteiger partial charge in [0.1, 0.15) is 11.6 Å². The second-order valence-corrected chi connectivity index (χ2v) is 7.87. The molecule has 4 N–H and O–H groups in total. The fraction of sp³-hybridized carbons (Fsp3) is 0.138. The van der Waals surface area contributed by atoms with Crippen LogP contribution in [-0.4, -0.2) is 4.98 Å². The number of hydrogen-bond donors (Lipinski definition) is 3. The quantitative estimate of drug-likeness (QED) is 0.247. The summed E-state index contributed by atoms with van der Waals surface area (Å²) in [6.07, 6.45) is 4.36. The lowest BCUT2D eigenvalue weighted by atomic mass is 10.1. The van der Waals surface area contributed by atoms with Crippen LogP contribution >= 0.6 is 0 Å². The van der Waals surface area contributed by atoms with Crippen LogP contribution < -0.4 is 16.4 Å². The van der Waals surface area contributed by atoms with Crippen molar-refractivity contribution in [2.24, 2.45) is 0 Å². The molecule has 34 heavy (non-hydrogen) atoms. The maximum absolute atomic E-state index is 13.4. The van der Waals surface area contributed by atoms with E-state index in [4.69, 9.17) is 5.73 Å². The van der Waals surface area contributed by atoms with Gasteiger partial charge in [-0.25, -0.2) is 9.37 Å². The lowest BCUT2D eigenvalue weighted by Gasteiger charge is -2.12. The van der Waals surface area contributed by atoms with Crippen LogP contribution in [0, 0.1) is 5.82 Å². The fourth-order valence-electron chi connectivity index (χ4n) is 3.05. The molecule has 1 heterocycles. The standard InChI is InChI=1S/C25H21FN4.C4H10/c1-17(29-23-11-9-22(27)10-12-23)18-4-3-7-24(15-18)30-25-13-8-20(16-28-25)19-5-2-6-21(26)14-19;1-3-4-2/h2-16,29H,1,27H2,(H,28,30);3-4H2,1-2H3. The minimum atomic E-state index is -0.265. The molecule has 0 spiro atoms. The average molecular weight is 455 g/mol. The number of halogens is 1. The second kappa shape index (κ2) is 12.2. The van der Waals surface area contributed by atoms with Crippen LogP contribution in [0.1, 0.15) is 32.3 Å². The Balaban J connectivity index is 0.000000751. The summed E-state index contributed by atoms with van der Waals surface area (Å²) in [5.74, 6) is 0.434. The molecule has 5 heteroatoms. The van der Waals surface area contributed by atoms with Gasteiger partial charge in [-0.05, 0) is 71.8 Å². The molecule has 1 aromatic heterocycles. The number of pyridine rings is 1. The lowest BCUT2D eigenvalue weighted by molar-refractivity contribution is 0.628. The fourth-order valence-corrected chi connectivity index (χ4v) is 3.05. The third-order valence-electron chi connectivity index (χ3n) is 5.11.